The maximum atomic E-state index is 9.77. The summed E-state index contributed by atoms with van der Waals surface area (Å²) in [7, 11) is 0. The molecule has 0 fully saturated rings. The zero-order valence-corrected chi connectivity index (χ0v) is 18.5. The quantitative estimate of drug-likeness (QED) is 0.377. The Morgan fingerprint density at radius 2 is 1.69 bits per heavy atom. The van der Waals surface area contributed by atoms with Gasteiger partial charge in [-0.25, -0.2) is 9.59 Å². The lowest BCUT2D eigenvalue weighted by Gasteiger charge is -2.20. The lowest BCUT2D eigenvalue weighted by molar-refractivity contribution is -0.165. The van der Waals surface area contributed by atoms with Crippen molar-refractivity contribution in [1.82, 2.24) is 9.88 Å². The SMILES string of the molecule is Cc1ccc(CN(Cc2ccccn2)Cc2sccc2C)o1.O=C(O)[C@H](O)[C@@H](O)C(=O)O. The summed E-state index contributed by atoms with van der Waals surface area (Å²) in [5, 5.41) is 34.7. The maximum absolute atomic E-state index is 9.77. The summed E-state index contributed by atoms with van der Waals surface area (Å²) < 4.78 is 5.74. The van der Waals surface area contributed by atoms with E-state index >= 15 is 0 Å². The highest BCUT2D eigenvalue weighted by Gasteiger charge is 2.29. The lowest BCUT2D eigenvalue weighted by Crippen LogP contribution is -2.39. The van der Waals surface area contributed by atoms with Crippen molar-refractivity contribution in [3.63, 3.8) is 0 Å². The van der Waals surface area contributed by atoms with Gasteiger partial charge in [-0.1, -0.05) is 6.07 Å². The van der Waals surface area contributed by atoms with Crippen LogP contribution < -0.4 is 0 Å². The van der Waals surface area contributed by atoms with Crippen molar-refractivity contribution in [3.05, 3.63) is 75.6 Å². The van der Waals surface area contributed by atoms with E-state index in [1.54, 1.807) is 0 Å². The maximum Gasteiger partial charge on any atom is 0.335 e. The molecule has 3 heterocycles. The lowest BCUT2D eigenvalue weighted by atomic mass is 10.2. The first-order valence-electron chi connectivity index (χ1n) is 9.69. The van der Waals surface area contributed by atoms with Crippen molar-refractivity contribution in [2.24, 2.45) is 0 Å². The third-order valence-corrected chi connectivity index (χ3v) is 5.44. The first kappa shape index (κ1) is 25.2. The fourth-order valence-electron chi connectivity index (χ4n) is 2.72. The predicted molar refractivity (Wildman–Crippen MR) is 117 cm³/mol. The fraction of sp³-hybridized carbons (Fsp3) is 0.318. The highest BCUT2D eigenvalue weighted by molar-refractivity contribution is 7.10. The van der Waals surface area contributed by atoms with E-state index in [4.69, 9.17) is 24.8 Å². The van der Waals surface area contributed by atoms with Crippen molar-refractivity contribution in [1.29, 1.82) is 0 Å². The number of hydrogen-bond donors (Lipinski definition) is 4. The van der Waals surface area contributed by atoms with Gasteiger partial charge in [-0.15, -0.1) is 11.3 Å². The molecule has 0 bridgehead atoms. The number of carboxylic acid groups (broad SMARTS) is 2. The third kappa shape index (κ3) is 7.89. The molecule has 3 rings (SSSR count). The molecule has 32 heavy (non-hydrogen) atoms. The number of hydrogen-bond acceptors (Lipinski definition) is 8. The van der Waals surface area contributed by atoms with Gasteiger partial charge in [0.1, 0.15) is 11.5 Å². The Kier molecular flexibility index (Phi) is 9.54. The molecule has 172 valence electrons. The molecule has 4 N–H and O–H groups in total. The van der Waals surface area contributed by atoms with Crippen molar-refractivity contribution in [3.8, 4) is 0 Å². The molecule has 0 aliphatic rings. The molecular weight excluding hydrogens is 436 g/mol. The molecule has 3 aromatic heterocycles. The van der Waals surface area contributed by atoms with Gasteiger partial charge in [-0.2, -0.15) is 0 Å². The van der Waals surface area contributed by atoms with Crippen molar-refractivity contribution < 1.29 is 34.4 Å². The number of rotatable bonds is 9. The van der Waals surface area contributed by atoms with Crippen LogP contribution in [-0.4, -0.2) is 54.5 Å². The Bertz CT molecular complexity index is 985. The zero-order valence-electron chi connectivity index (χ0n) is 17.7. The van der Waals surface area contributed by atoms with Gasteiger partial charge in [-0.3, -0.25) is 9.88 Å². The van der Waals surface area contributed by atoms with Crippen LogP contribution >= 0.6 is 11.3 Å². The summed E-state index contributed by atoms with van der Waals surface area (Å²) in [5.41, 5.74) is 2.44. The van der Waals surface area contributed by atoms with Gasteiger partial charge in [0.15, 0.2) is 12.2 Å². The highest BCUT2D eigenvalue weighted by Crippen LogP contribution is 2.21. The molecule has 0 saturated carbocycles. The molecular formula is C22H26N2O7S. The molecule has 0 saturated heterocycles. The Hall–Kier alpha value is -3.05. The number of carbonyl (C=O) groups is 2. The van der Waals surface area contributed by atoms with Crippen LogP contribution in [0.2, 0.25) is 0 Å². The van der Waals surface area contributed by atoms with Gasteiger partial charge in [0.05, 0.1) is 12.2 Å². The molecule has 0 radical (unpaired) electrons. The van der Waals surface area contributed by atoms with Gasteiger partial charge in [0, 0.05) is 24.2 Å². The molecule has 0 aliphatic heterocycles. The number of nitrogens with zero attached hydrogens (tertiary/aromatic N) is 2. The van der Waals surface area contributed by atoms with Crippen LogP contribution in [0.4, 0.5) is 0 Å². The molecule has 0 spiro atoms. The molecule has 0 aromatic carbocycles. The van der Waals surface area contributed by atoms with E-state index in [9.17, 15) is 9.59 Å². The van der Waals surface area contributed by atoms with Gasteiger partial charge in [0.25, 0.3) is 0 Å². The number of aliphatic hydroxyl groups is 2. The monoisotopic (exact) mass is 462 g/mol. The Balaban J connectivity index is 0.000000309. The van der Waals surface area contributed by atoms with Crippen LogP contribution in [0.3, 0.4) is 0 Å². The van der Waals surface area contributed by atoms with Gasteiger partial charge in [-0.05, 0) is 55.1 Å². The molecule has 0 amide bonds. The van der Waals surface area contributed by atoms with Crippen LogP contribution in [0, 0.1) is 13.8 Å². The van der Waals surface area contributed by atoms with E-state index in [2.05, 4.69) is 40.4 Å². The summed E-state index contributed by atoms with van der Waals surface area (Å²) in [5.74, 6) is -1.58. The summed E-state index contributed by atoms with van der Waals surface area (Å²) >= 11 is 1.81. The summed E-state index contributed by atoms with van der Waals surface area (Å²) in [6.07, 6.45) is -2.68. The predicted octanol–water partition coefficient (Wildman–Crippen LogP) is 2.43. The van der Waals surface area contributed by atoms with Gasteiger partial charge >= 0.3 is 11.9 Å². The average molecular weight is 463 g/mol. The Labute approximate surface area is 189 Å². The third-order valence-electron chi connectivity index (χ3n) is 4.43. The van der Waals surface area contributed by atoms with Crippen molar-refractivity contribution in [2.75, 3.05) is 0 Å². The summed E-state index contributed by atoms with van der Waals surface area (Å²) in [4.78, 5) is 27.8. The van der Waals surface area contributed by atoms with Gasteiger partial charge < -0.3 is 24.8 Å². The standard InChI is InChI=1S/C18H20N2OS.C4H6O6/c1-14-8-10-22-18(14)13-20(11-16-5-3-4-9-19-16)12-17-7-6-15(2)21-17;5-1(3(7)8)2(6)4(9)10/h3-10H,11-13H2,1-2H3;1-2,5-6H,(H,7,8)(H,9,10)/t;1-,2-/m.1/s1. The minimum Gasteiger partial charge on any atom is -0.479 e. The van der Waals surface area contributed by atoms with Crippen molar-refractivity contribution in [2.45, 2.75) is 45.7 Å². The number of pyridine rings is 1. The number of aliphatic carboxylic acids is 2. The number of aryl methyl sites for hydroxylation is 2. The second-order valence-corrected chi connectivity index (χ2v) is 8.07. The van der Waals surface area contributed by atoms with E-state index in [0.717, 1.165) is 36.8 Å². The fourth-order valence-corrected chi connectivity index (χ4v) is 3.67. The van der Waals surface area contributed by atoms with Crippen LogP contribution in [0.1, 0.15) is 27.7 Å². The first-order valence-corrected chi connectivity index (χ1v) is 10.6. The van der Waals surface area contributed by atoms with Crippen LogP contribution in [0.25, 0.3) is 0 Å². The summed E-state index contributed by atoms with van der Waals surface area (Å²) in [6, 6.07) is 12.3. The first-order chi connectivity index (χ1) is 15.2. The molecule has 0 aliphatic carbocycles. The number of carboxylic acids is 2. The van der Waals surface area contributed by atoms with E-state index in [1.807, 2.05) is 42.7 Å². The number of aliphatic hydroxyl groups excluding tert-OH is 2. The minimum absolute atomic E-state index is 0.793. The Morgan fingerprint density at radius 1 is 1.00 bits per heavy atom. The number of furan rings is 1. The van der Waals surface area contributed by atoms with Crippen LogP contribution in [0.15, 0.2) is 52.4 Å². The topological polar surface area (TPSA) is 144 Å². The smallest absolute Gasteiger partial charge is 0.335 e. The minimum atomic E-state index is -2.27. The Morgan fingerprint density at radius 3 is 2.16 bits per heavy atom. The second-order valence-electron chi connectivity index (χ2n) is 7.07. The summed E-state index contributed by atoms with van der Waals surface area (Å²) in [6.45, 7) is 6.68. The molecule has 9 nitrogen and oxygen atoms in total. The van der Waals surface area contributed by atoms with Crippen LogP contribution in [-0.2, 0) is 29.2 Å². The van der Waals surface area contributed by atoms with Crippen LogP contribution in [0.5, 0.6) is 0 Å². The normalized spacial score (nSPS) is 12.7. The molecule has 3 aromatic rings. The molecule has 10 heteroatoms. The van der Waals surface area contributed by atoms with Gasteiger partial charge in [0.2, 0.25) is 0 Å². The van der Waals surface area contributed by atoms with E-state index in [-0.39, 0.29) is 0 Å². The van der Waals surface area contributed by atoms with Crippen molar-refractivity contribution >= 4 is 23.3 Å². The van der Waals surface area contributed by atoms with E-state index in [1.165, 1.54) is 10.4 Å². The van der Waals surface area contributed by atoms with E-state index in [0.29, 0.717) is 0 Å². The highest BCUT2D eigenvalue weighted by atomic mass is 32.1. The van der Waals surface area contributed by atoms with E-state index < -0.39 is 24.1 Å². The average Bonchev–Trinajstić information content (AvgIpc) is 3.35. The molecule has 0 unspecified atom stereocenters. The second kappa shape index (κ2) is 12.1. The molecule has 2 atom stereocenters. The largest absolute Gasteiger partial charge is 0.479 e. The zero-order chi connectivity index (χ0) is 23.7. The number of thiophene rings is 1. The number of aromatic nitrogens is 1.